The molecule has 13 heteroatoms. The number of esters is 4. The maximum absolute atomic E-state index is 13.9. The van der Waals surface area contributed by atoms with Crippen molar-refractivity contribution in [2.24, 2.45) is 0 Å². The van der Waals surface area contributed by atoms with Crippen molar-refractivity contribution in [1.29, 1.82) is 0 Å². The lowest BCUT2D eigenvalue weighted by molar-refractivity contribution is -0.0126. The van der Waals surface area contributed by atoms with Crippen molar-refractivity contribution < 1.29 is 57.4 Å². The van der Waals surface area contributed by atoms with E-state index in [1.807, 2.05) is 37.3 Å². The van der Waals surface area contributed by atoms with Gasteiger partial charge in [0.05, 0.1) is 18.2 Å². The summed E-state index contributed by atoms with van der Waals surface area (Å²) >= 11 is 6.63. The van der Waals surface area contributed by atoms with Gasteiger partial charge in [-0.3, -0.25) is 0 Å². The summed E-state index contributed by atoms with van der Waals surface area (Å²) in [6.45, 7) is 17.3. The molecule has 5 aromatic rings. The zero-order valence-corrected chi connectivity index (χ0v) is 37.8. The van der Waals surface area contributed by atoms with E-state index in [4.69, 9.17) is 44.8 Å². The Kier molecular flexibility index (Phi) is 14.7. The highest BCUT2D eigenvalue weighted by molar-refractivity contribution is 6.34. The number of phenolic OH excluding ortho intramolecular Hbond substituents is 1. The Morgan fingerprint density at radius 3 is 1.79 bits per heavy atom. The van der Waals surface area contributed by atoms with Gasteiger partial charge in [-0.1, -0.05) is 48.9 Å². The Hall–Kier alpha value is -6.37. The van der Waals surface area contributed by atoms with Crippen LogP contribution in [-0.4, -0.2) is 50.0 Å². The van der Waals surface area contributed by atoms with Crippen molar-refractivity contribution in [3.8, 4) is 34.5 Å². The zero-order valence-electron chi connectivity index (χ0n) is 37.1. The highest BCUT2D eigenvalue weighted by atomic mass is 35.5. The molecule has 0 heterocycles. The summed E-state index contributed by atoms with van der Waals surface area (Å²) in [6.07, 6.45) is 0.471. The molecule has 1 N–H and O–H groups in total. The molecule has 0 aromatic heterocycles. The van der Waals surface area contributed by atoms with Gasteiger partial charge in [0.15, 0.2) is 18.3 Å². The first kappa shape index (κ1) is 46.7. The molecule has 5 rings (SSSR count). The third kappa shape index (κ3) is 9.26. The van der Waals surface area contributed by atoms with Crippen LogP contribution in [0.3, 0.4) is 0 Å². The number of hydrogen-bond donors (Lipinski definition) is 1. The molecule has 12 nitrogen and oxygen atoms in total. The molecule has 0 fully saturated rings. The predicted octanol–water partition coefficient (Wildman–Crippen LogP) is 10.4. The Bertz CT molecular complexity index is 2560. The first-order valence-electron chi connectivity index (χ1n) is 19.8. The number of methoxy groups -OCH3 is 2. The third-order valence-corrected chi connectivity index (χ3v) is 11.5. The summed E-state index contributed by atoms with van der Waals surface area (Å²) in [7, 11) is 2.84. The van der Waals surface area contributed by atoms with E-state index < -0.39 is 29.6 Å². The number of hydrogen-bond acceptors (Lipinski definition) is 12. The molecular formula is C49H51ClO12. The van der Waals surface area contributed by atoms with Crippen LogP contribution in [0.25, 0.3) is 0 Å². The van der Waals surface area contributed by atoms with E-state index in [9.17, 15) is 24.3 Å². The van der Waals surface area contributed by atoms with Gasteiger partial charge in [0.1, 0.15) is 45.8 Å². The molecule has 0 atom stereocenters. The first-order valence-corrected chi connectivity index (χ1v) is 20.2. The van der Waals surface area contributed by atoms with Gasteiger partial charge in [0.2, 0.25) is 0 Å². The Labute approximate surface area is 366 Å². The van der Waals surface area contributed by atoms with E-state index in [1.165, 1.54) is 14.2 Å². The van der Waals surface area contributed by atoms with Gasteiger partial charge >= 0.3 is 23.9 Å². The largest absolute Gasteiger partial charge is 0.505 e. The van der Waals surface area contributed by atoms with E-state index in [2.05, 4.69) is 0 Å². The zero-order chi connectivity index (χ0) is 45.7. The summed E-state index contributed by atoms with van der Waals surface area (Å²) in [4.78, 5) is 54.4. The number of carbonyl (C=O) groups excluding carboxylic acids is 4. The molecule has 0 saturated carbocycles. The number of rotatable bonds is 14. The topological polar surface area (TPSA) is 153 Å². The predicted molar refractivity (Wildman–Crippen MR) is 234 cm³/mol. The molecule has 0 aliphatic heterocycles. The van der Waals surface area contributed by atoms with Gasteiger partial charge in [-0.15, -0.1) is 0 Å². The van der Waals surface area contributed by atoms with Crippen LogP contribution < -0.4 is 23.7 Å². The quantitative estimate of drug-likeness (QED) is 0.0642. The first-order chi connectivity index (χ1) is 29.4. The van der Waals surface area contributed by atoms with Crippen molar-refractivity contribution in [3.63, 3.8) is 0 Å². The summed E-state index contributed by atoms with van der Waals surface area (Å²) in [5.41, 5.74) is 6.56. The van der Waals surface area contributed by atoms with Gasteiger partial charge in [0, 0.05) is 13.2 Å². The van der Waals surface area contributed by atoms with Crippen molar-refractivity contribution in [3.05, 3.63) is 137 Å². The molecular weight excluding hydrogens is 816 g/mol. The van der Waals surface area contributed by atoms with Gasteiger partial charge in [-0.2, -0.15) is 0 Å². The van der Waals surface area contributed by atoms with Crippen LogP contribution in [0.1, 0.15) is 110 Å². The van der Waals surface area contributed by atoms with Gasteiger partial charge in [-0.05, 0) is 142 Å². The molecule has 0 aliphatic carbocycles. The molecule has 0 amide bonds. The summed E-state index contributed by atoms with van der Waals surface area (Å²) in [5.74, 6) is -2.52. The van der Waals surface area contributed by atoms with Gasteiger partial charge in [0.25, 0.3) is 0 Å². The molecule has 326 valence electrons. The SMILES string of the molecule is CCc1c(C)c(C(=O)OCOC)c(C)c(C)c1OC(=O)c1c(C)cc(OC(=O)c2c(C)c(C)c(OC(=O)c3c(C)cc(OCc4ccccc4)cc3OC)c(Cl)c2O)c(C)c1C. The monoisotopic (exact) mass is 866 g/mol. The second-order valence-electron chi connectivity index (χ2n) is 14.9. The second-order valence-corrected chi connectivity index (χ2v) is 15.3. The summed E-state index contributed by atoms with van der Waals surface area (Å²) in [5, 5.41) is 11.0. The number of aryl methyl sites for hydroxylation is 2. The minimum Gasteiger partial charge on any atom is -0.505 e. The number of aromatic hydroxyl groups is 1. The third-order valence-electron chi connectivity index (χ3n) is 11.2. The van der Waals surface area contributed by atoms with E-state index in [1.54, 1.807) is 80.5 Å². The molecule has 5 aromatic carbocycles. The van der Waals surface area contributed by atoms with Gasteiger partial charge < -0.3 is 38.3 Å². The maximum atomic E-state index is 13.9. The van der Waals surface area contributed by atoms with Crippen LogP contribution in [0, 0.1) is 62.3 Å². The maximum Gasteiger partial charge on any atom is 0.347 e. The molecule has 0 radical (unpaired) electrons. The number of phenols is 1. The van der Waals surface area contributed by atoms with Crippen molar-refractivity contribution in [2.75, 3.05) is 21.0 Å². The van der Waals surface area contributed by atoms with E-state index >= 15 is 0 Å². The molecule has 0 aliphatic rings. The van der Waals surface area contributed by atoms with E-state index in [-0.39, 0.29) is 51.3 Å². The standard InChI is InChI=1S/C49H51ClO12/c1-13-35-32(10)40(46(52)59-23-56-11)28(6)30(8)44(35)61-47(53)38-25(3)20-36(26(4)27(38)5)60-49(55)41-29(7)31(9)45(42(50)43(41)51)62-48(54)39-24(2)19-34(21-37(39)57-12)58-22-33-17-15-14-16-18-33/h14-21,51H,13,22-23H2,1-12H3. The molecule has 0 bridgehead atoms. The lowest BCUT2D eigenvalue weighted by atomic mass is 9.91. The van der Waals surface area contributed by atoms with Crippen molar-refractivity contribution in [2.45, 2.75) is 82.3 Å². The number of carbonyl (C=O) groups is 4. The van der Waals surface area contributed by atoms with Crippen LogP contribution in [0.2, 0.25) is 5.02 Å². The average molecular weight is 867 g/mol. The Balaban J connectivity index is 1.39. The van der Waals surface area contributed by atoms with Crippen LogP contribution in [0.5, 0.6) is 34.5 Å². The fourth-order valence-corrected chi connectivity index (χ4v) is 7.68. The fourth-order valence-electron chi connectivity index (χ4n) is 7.40. The van der Waals surface area contributed by atoms with Gasteiger partial charge in [-0.25, -0.2) is 19.2 Å². The van der Waals surface area contributed by atoms with Crippen LogP contribution in [0.4, 0.5) is 0 Å². The van der Waals surface area contributed by atoms with Crippen LogP contribution in [0.15, 0.2) is 48.5 Å². The minimum absolute atomic E-state index is 0.119. The van der Waals surface area contributed by atoms with Crippen LogP contribution >= 0.6 is 11.6 Å². The van der Waals surface area contributed by atoms with E-state index in [0.717, 1.165) is 5.56 Å². The molecule has 0 spiro atoms. The number of ether oxygens (including phenoxy) is 7. The lowest BCUT2D eigenvalue weighted by Gasteiger charge is -2.22. The second kappa shape index (κ2) is 19.6. The average Bonchev–Trinajstić information content (AvgIpc) is 3.24. The summed E-state index contributed by atoms with van der Waals surface area (Å²) in [6, 6.07) is 14.4. The highest BCUT2D eigenvalue weighted by Crippen LogP contribution is 2.44. The van der Waals surface area contributed by atoms with Crippen molar-refractivity contribution >= 4 is 35.5 Å². The number of halogens is 1. The van der Waals surface area contributed by atoms with Crippen molar-refractivity contribution in [1.82, 2.24) is 0 Å². The number of benzene rings is 5. The van der Waals surface area contributed by atoms with E-state index in [0.29, 0.717) is 80.2 Å². The highest BCUT2D eigenvalue weighted by Gasteiger charge is 2.31. The van der Waals surface area contributed by atoms with Crippen LogP contribution in [-0.2, 0) is 22.5 Å². The molecule has 0 saturated heterocycles. The Morgan fingerprint density at radius 1 is 0.597 bits per heavy atom. The Morgan fingerprint density at radius 2 is 1.16 bits per heavy atom. The minimum atomic E-state index is -0.929. The normalized spacial score (nSPS) is 10.9. The smallest absolute Gasteiger partial charge is 0.347 e. The fraction of sp³-hybridized carbons (Fsp3) is 0.306. The molecule has 62 heavy (non-hydrogen) atoms. The lowest BCUT2D eigenvalue weighted by Crippen LogP contribution is -2.19. The molecule has 0 unspecified atom stereocenters. The summed E-state index contributed by atoms with van der Waals surface area (Å²) < 4.78 is 39.4.